The molecule has 0 bridgehead atoms. The van der Waals surface area contributed by atoms with Crippen LogP contribution in [0.15, 0.2) is 29.2 Å². The number of aryl methyl sites for hydroxylation is 2. The van der Waals surface area contributed by atoms with E-state index in [0.29, 0.717) is 11.7 Å². The van der Waals surface area contributed by atoms with E-state index in [1.165, 1.54) is 0 Å². The van der Waals surface area contributed by atoms with Crippen LogP contribution in [0.2, 0.25) is 0 Å². The molecular formula is C27H34N8OS. The SMILES string of the molecule is CCC(c1ccc2nc(C)sc2n1)N1C[C@H](CC)N(c2cc(=O)n(C)n3cc(CC#N)nc23)C[C@H]1CC. The number of thiazole rings is 1. The molecule has 0 saturated carbocycles. The van der Waals surface area contributed by atoms with Crippen LogP contribution >= 0.6 is 11.3 Å². The molecule has 5 rings (SSSR count). The topological polar surface area (TPSA) is 95.4 Å². The third kappa shape index (κ3) is 4.51. The van der Waals surface area contributed by atoms with Crippen LogP contribution in [0.5, 0.6) is 0 Å². The number of fused-ring (bicyclic) bond motifs is 2. The molecular weight excluding hydrogens is 484 g/mol. The van der Waals surface area contributed by atoms with Crippen molar-refractivity contribution < 1.29 is 0 Å². The normalized spacial score (nSPS) is 19.5. The van der Waals surface area contributed by atoms with Crippen molar-refractivity contribution in [2.24, 2.45) is 7.05 Å². The number of hydrogen-bond donors (Lipinski definition) is 0. The summed E-state index contributed by atoms with van der Waals surface area (Å²) in [5, 5.41) is 10.2. The van der Waals surface area contributed by atoms with Gasteiger partial charge in [0.2, 0.25) is 0 Å². The highest BCUT2D eigenvalue weighted by atomic mass is 32.1. The lowest BCUT2D eigenvalue weighted by molar-refractivity contribution is 0.0879. The van der Waals surface area contributed by atoms with Gasteiger partial charge in [0.1, 0.15) is 10.3 Å². The van der Waals surface area contributed by atoms with Crippen LogP contribution in [0, 0.1) is 18.3 Å². The maximum atomic E-state index is 12.9. The van der Waals surface area contributed by atoms with Gasteiger partial charge < -0.3 is 4.90 Å². The van der Waals surface area contributed by atoms with E-state index in [2.05, 4.69) is 53.8 Å². The molecule has 0 amide bonds. The van der Waals surface area contributed by atoms with Crippen molar-refractivity contribution in [3.05, 3.63) is 51.1 Å². The maximum absolute atomic E-state index is 12.9. The maximum Gasteiger partial charge on any atom is 0.267 e. The Bertz CT molecular complexity index is 1530. The molecule has 0 spiro atoms. The van der Waals surface area contributed by atoms with E-state index >= 15 is 0 Å². The number of pyridine rings is 1. The predicted molar refractivity (Wildman–Crippen MR) is 147 cm³/mol. The summed E-state index contributed by atoms with van der Waals surface area (Å²) < 4.78 is 3.34. The van der Waals surface area contributed by atoms with Gasteiger partial charge in [-0.3, -0.25) is 9.69 Å². The zero-order valence-electron chi connectivity index (χ0n) is 22.2. The lowest BCUT2D eigenvalue weighted by Crippen LogP contribution is -2.59. The summed E-state index contributed by atoms with van der Waals surface area (Å²) in [5.74, 6) is 0. The lowest BCUT2D eigenvalue weighted by Gasteiger charge is -2.49. The standard InChI is InChI=1S/C27H34N8OS/c1-6-19-16-34(24-13-25(36)32(5)35-14-18(11-12-28)30-26(24)35)20(7-2)15-33(19)23(8-3)21-9-10-22-27(31-21)37-17(4)29-22/h9-10,13-14,19-20,23H,6-8,11,15-16H2,1-5H3/t19-,20+,23?/m1/s1. The first-order valence-corrected chi connectivity index (χ1v) is 13.9. The number of hydrogen-bond acceptors (Lipinski definition) is 8. The fourth-order valence-corrected chi connectivity index (χ4v) is 6.47. The Morgan fingerprint density at radius 3 is 2.62 bits per heavy atom. The molecule has 1 fully saturated rings. The average Bonchev–Trinajstić information content (AvgIpc) is 3.49. The number of nitriles is 1. The monoisotopic (exact) mass is 518 g/mol. The largest absolute Gasteiger partial charge is 0.362 e. The Morgan fingerprint density at radius 2 is 1.92 bits per heavy atom. The van der Waals surface area contributed by atoms with Gasteiger partial charge in [-0.25, -0.2) is 24.1 Å². The molecule has 0 aliphatic carbocycles. The molecule has 194 valence electrons. The minimum atomic E-state index is -0.0856. The minimum absolute atomic E-state index is 0.0856. The highest BCUT2D eigenvalue weighted by Gasteiger charge is 2.37. The van der Waals surface area contributed by atoms with Crippen molar-refractivity contribution in [2.45, 2.75) is 71.5 Å². The van der Waals surface area contributed by atoms with Crippen LogP contribution in [0.4, 0.5) is 5.69 Å². The van der Waals surface area contributed by atoms with E-state index in [-0.39, 0.29) is 24.1 Å². The second-order valence-electron chi connectivity index (χ2n) is 9.82. The number of anilines is 1. The molecule has 1 unspecified atom stereocenters. The Hall–Kier alpha value is -3.29. The highest BCUT2D eigenvalue weighted by Crippen LogP contribution is 2.35. The molecule has 3 atom stereocenters. The van der Waals surface area contributed by atoms with Gasteiger partial charge in [0.15, 0.2) is 5.65 Å². The fourth-order valence-electron chi connectivity index (χ4n) is 5.68. The summed E-state index contributed by atoms with van der Waals surface area (Å²) >= 11 is 1.65. The Kier molecular flexibility index (Phi) is 7.01. The summed E-state index contributed by atoms with van der Waals surface area (Å²) in [6, 6.07) is 8.86. The molecule has 0 N–H and O–H groups in total. The Labute approximate surface area is 221 Å². The number of piperazine rings is 1. The summed E-state index contributed by atoms with van der Waals surface area (Å²) in [5.41, 5.74) is 4.24. The third-order valence-electron chi connectivity index (χ3n) is 7.63. The summed E-state index contributed by atoms with van der Waals surface area (Å²) in [4.78, 5) is 33.3. The smallest absolute Gasteiger partial charge is 0.267 e. The van der Waals surface area contributed by atoms with Crippen molar-refractivity contribution in [1.82, 2.24) is 29.0 Å². The van der Waals surface area contributed by atoms with Gasteiger partial charge in [0.25, 0.3) is 5.56 Å². The van der Waals surface area contributed by atoms with Gasteiger partial charge in [-0.15, -0.1) is 0 Å². The quantitative estimate of drug-likeness (QED) is 0.361. The van der Waals surface area contributed by atoms with Crippen LogP contribution in [-0.4, -0.2) is 54.2 Å². The van der Waals surface area contributed by atoms with Crippen LogP contribution < -0.4 is 10.5 Å². The van der Waals surface area contributed by atoms with Crippen LogP contribution in [0.1, 0.15) is 62.5 Å². The van der Waals surface area contributed by atoms with E-state index in [0.717, 1.165) is 64.7 Å². The van der Waals surface area contributed by atoms with Crippen LogP contribution in [0.3, 0.4) is 0 Å². The van der Waals surface area contributed by atoms with Gasteiger partial charge in [0, 0.05) is 38.3 Å². The zero-order valence-corrected chi connectivity index (χ0v) is 23.0. The van der Waals surface area contributed by atoms with E-state index in [4.69, 9.17) is 9.97 Å². The van der Waals surface area contributed by atoms with Crippen molar-refractivity contribution in [3.63, 3.8) is 0 Å². The van der Waals surface area contributed by atoms with Gasteiger partial charge in [-0.1, -0.05) is 32.1 Å². The lowest BCUT2D eigenvalue weighted by atomic mass is 9.96. The molecule has 1 aliphatic rings. The van der Waals surface area contributed by atoms with Gasteiger partial charge in [-0.2, -0.15) is 5.26 Å². The second-order valence-corrected chi connectivity index (χ2v) is 11.0. The van der Waals surface area contributed by atoms with E-state index in [9.17, 15) is 10.1 Å². The van der Waals surface area contributed by atoms with Crippen molar-refractivity contribution >= 4 is 33.0 Å². The molecule has 4 aromatic rings. The molecule has 37 heavy (non-hydrogen) atoms. The highest BCUT2D eigenvalue weighted by molar-refractivity contribution is 7.18. The summed E-state index contributed by atoms with van der Waals surface area (Å²) in [7, 11) is 1.74. The Morgan fingerprint density at radius 1 is 1.14 bits per heavy atom. The van der Waals surface area contributed by atoms with Crippen LogP contribution in [-0.2, 0) is 13.5 Å². The molecule has 9 nitrogen and oxygen atoms in total. The van der Waals surface area contributed by atoms with Crippen molar-refractivity contribution in [2.75, 3.05) is 18.0 Å². The van der Waals surface area contributed by atoms with E-state index < -0.39 is 0 Å². The van der Waals surface area contributed by atoms with Gasteiger partial charge >= 0.3 is 0 Å². The average molecular weight is 519 g/mol. The molecule has 4 aromatic heterocycles. The number of rotatable bonds is 7. The fraction of sp³-hybridized carbons (Fsp3) is 0.519. The van der Waals surface area contributed by atoms with Gasteiger partial charge in [0.05, 0.1) is 46.8 Å². The molecule has 0 aromatic carbocycles. The Balaban J connectivity index is 1.52. The van der Waals surface area contributed by atoms with Crippen LogP contribution in [0.25, 0.3) is 16.0 Å². The number of nitrogens with zero attached hydrogens (tertiary/aromatic N) is 8. The van der Waals surface area contributed by atoms with Crippen molar-refractivity contribution in [3.8, 4) is 6.07 Å². The third-order valence-corrected chi connectivity index (χ3v) is 8.51. The van der Waals surface area contributed by atoms with E-state index in [1.54, 1.807) is 39.8 Å². The zero-order chi connectivity index (χ0) is 26.3. The molecule has 1 aliphatic heterocycles. The van der Waals surface area contributed by atoms with Gasteiger partial charge in [-0.05, 0) is 38.3 Å². The second kappa shape index (κ2) is 10.2. The predicted octanol–water partition coefficient (Wildman–Crippen LogP) is 4.24. The minimum Gasteiger partial charge on any atom is -0.362 e. The molecule has 10 heteroatoms. The molecule has 1 saturated heterocycles. The summed E-state index contributed by atoms with van der Waals surface area (Å²) in [6.07, 6.45) is 4.91. The summed E-state index contributed by atoms with van der Waals surface area (Å²) in [6.45, 7) is 10.4. The molecule has 0 radical (unpaired) electrons. The first-order valence-electron chi connectivity index (χ1n) is 13.1. The first-order chi connectivity index (χ1) is 17.9. The van der Waals surface area contributed by atoms with Crippen molar-refractivity contribution in [1.29, 1.82) is 5.26 Å². The number of imidazole rings is 1. The van der Waals surface area contributed by atoms with E-state index in [1.807, 2.05) is 6.92 Å². The first kappa shape index (κ1) is 25.4. The number of aromatic nitrogens is 5. The molecule has 5 heterocycles.